The molecule has 3 heterocycles. The summed E-state index contributed by atoms with van der Waals surface area (Å²) in [5.41, 5.74) is 0.949. The second-order valence-electron chi connectivity index (χ2n) is 6.48. The van der Waals surface area contributed by atoms with E-state index < -0.39 is 0 Å². The lowest BCUT2D eigenvalue weighted by molar-refractivity contribution is -0.142. The molecule has 0 radical (unpaired) electrons. The zero-order chi connectivity index (χ0) is 17.1. The van der Waals surface area contributed by atoms with Crippen LogP contribution in [-0.2, 0) is 16.1 Å². The summed E-state index contributed by atoms with van der Waals surface area (Å²) in [4.78, 5) is 21.0. The molecule has 0 aliphatic carbocycles. The van der Waals surface area contributed by atoms with E-state index in [-0.39, 0.29) is 12.0 Å². The molecule has 1 aromatic heterocycles. The predicted molar refractivity (Wildman–Crippen MR) is 90.6 cm³/mol. The van der Waals surface area contributed by atoms with Crippen LogP contribution in [0.2, 0.25) is 0 Å². The van der Waals surface area contributed by atoms with Crippen LogP contribution in [0.3, 0.4) is 0 Å². The van der Waals surface area contributed by atoms with Crippen LogP contribution in [0, 0.1) is 0 Å². The third kappa shape index (κ3) is 3.72. The molecule has 1 atom stereocenters. The Balaban J connectivity index is 1.30. The molecule has 25 heavy (non-hydrogen) atoms. The third-order valence-corrected chi connectivity index (χ3v) is 4.75. The minimum absolute atomic E-state index is 0.140. The van der Waals surface area contributed by atoms with Gasteiger partial charge in [-0.25, -0.2) is 0 Å². The summed E-state index contributed by atoms with van der Waals surface area (Å²) in [5.74, 6) is 1.36. The van der Waals surface area contributed by atoms with Gasteiger partial charge in [0.1, 0.15) is 6.10 Å². The largest absolute Gasteiger partial charge is 0.368 e. The van der Waals surface area contributed by atoms with E-state index in [0.29, 0.717) is 24.9 Å². The molecule has 0 saturated carbocycles. The first-order chi connectivity index (χ1) is 12.3. The van der Waals surface area contributed by atoms with Gasteiger partial charge in [0.2, 0.25) is 11.7 Å². The van der Waals surface area contributed by atoms with E-state index in [9.17, 15) is 4.79 Å². The van der Waals surface area contributed by atoms with Crippen molar-refractivity contribution in [3.8, 4) is 11.4 Å². The first-order valence-electron chi connectivity index (χ1n) is 8.80. The van der Waals surface area contributed by atoms with E-state index in [0.717, 1.165) is 44.6 Å². The molecule has 1 aromatic carbocycles. The number of rotatable bonds is 4. The van der Waals surface area contributed by atoms with Crippen LogP contribution in [-0.4, -0.2) is 64.7 Å². The van der Waals surface area contributed by atoms with E-state index >= 15 is 0 Å². The quantitative estimate of drug-likeness (QED) is 0.840. The number of hydrogen-bond donors (Lipinski definition) is 0. The van der Waals surface area contributed by atoms with Crippen LogP contribution in [0.1, 0.15) is 18.7 Å². The summed E-state index contributed by atoms with van der Waals surface area (Å²) in [6.45, 7) is 4.37. The Bertz CT molecular complexity index is 704. The van der Waals surface area contributed by atoms with Gasteiger partial charge in [-0.05, 0) is 12.8 Å². The molecular weight excluding hydrogens is 320 g/mol. The summed E-state index contributed by atoms with van der Waals surface area (Å²) in [6.07, 6.45) is 1.61. The number of nitrogens with zero attached hydrogens (tertiary/aromatic N) is 4. The topological polar surface area (TPSA) is 71.7 Å². The molecule has 7 nitrogen and oxygen atoms in total. The lowest BCUT2D eigenvalue weighted by Gasteiger charge is -2.35. The molecule has 0 N–H and O–H groups in total. The molecule has 0 bridgehead atoms. The highest BCUT2D eigenvalue weighted by atomic mass is 16.5. The fourth-order valence-corrected chi connectivity index (χ4v) is 3.32. The van der Waals surface area contributed by atoms with Crippen LogP contribution >= 0.6 is 0 Å². The number of amides is 1. The molecule has 132 valence electrons. The fourth-order valence-electron chi connectivity index (χ4n) is 3.32. The lowest BCUT2D eigenvalue weighted by Crippen LogP contribution is -2.51. The van der Waals surface area contributed by atoms with Crippen LogP contribution in [0.25, 0.3) is 11.4 Å². The average molecular weight is 342 g/mol. The van der Waals surface area contributed by atoms with Crippen molar-refractivity contribution in [2.75, 3.05) is 32.8 Å². The molecule has 2 fully saturated rings. The van der Waals surface area contributed by atoms with Crippen molar-refractivity contribution in [1.29, 1.82) is 0 Å². The van der Waals surface area contributed by atoms with E-state index in [1.165, 1.54) is 0 Å². The Morgan fingerprint density at radius 3 is 2.68 bits per heavy atom. The fraction of sp³-hybridized carbons (Fsp3) is 0.500. The smallest absolute Gasteiger partial charge is 0.251 e. The summed E-state index contributed by atoms with van der Waals surface area (Å²) in [5, 5.41) is 4.05. The highest BCUT2D eigenvalue weighted by Gasteiger charge is 2.30. The summed E-state index contributed by atoms with van der Waals surface area (Å²) < 4.78 is 10.9. The zero-order valence-electron chi connectivity index (χ0n) is 14.1. The van der Waals surface area contributed by atoms with Gasteiger partial charge >= 0.3 is 0 Å². The van der Waals surface area contributed by atoms with Gasteiger partial charge in [0.15, 0.2) is 0 Å². The first kappa shape index (κ1) is 16.2. The Hall–Kier alpha value is -2.25. The SMILES string of the molecule is O=C([C@@H]1CCCO1)N1CCN(Cc2nc(-c3ccccc3)no2)CC1. The molecule has 2 aromatic rings. The monoisotopic (exact) mass is 342 g/mol. The van der Waals surface area contributed by atoms with Gasteiger partial charge in [0.25, 0.3) is 5.91 Å². The normalized spacial score (nSPS) is 21.6. The average Bonchev–Trinajstić information content (AvgIpc) is 3.35. The summed E-state index contributed by atoms with van der Waals surface area (Å²) >= 11 is 0. The van der Waals surface area contributed by atoms with E-state index in [1.807, 2.05) is 35.2 Å². The molecule has 0 unspecified atom stereocenters. The minimum atomic E-state index is -0.226. The van der Waals surface area contributed by atoms with Crippen molar-refractivity contribution in [2.45, 2.75) is 25.5 Å². The second-order valence-corrected chi connectivity index (χ2v) is 6.48. The van der Waals surface area contributed by atoms with Crippen LogP contribution in [0.15, 0.2) is 34.9 Å². The first-order valence-corrected chi connectivity index (χ1v) is 8.80. The van der Waals surface area contributed by atoms with Gasteiger partial charge in [-0.1, -0.05) is 35.5 Å². The Labute approximate surface area is 146 Å². The van der Waals surface area contributed by atoms with E-state index in [1.54, 1.807) is 0 Å². The number of ether oxygens (including phenoxy) is 1. The standard InChI is InChI=1S/C18H22N4O3/c23-18(15-7-4-12-24-15)22-10-8-21(9-11-22)13-16-19-17(20-25-16)14-5-2-1-3-6-14/h1-3,5-6,15H,4,7-13H2/t15-/m0/s1. The van der Waals surface area contributed by atoms with Gasteiger partial charge in [-0.2, -0.15) is 4.98 Å². The maximum Gasteiger partial charge on any atom is 0.251 e. The molecule has 1 amide bonds. The van der Waals surface area contributed by atoms with Crippen LogP contribution in [0.4, 0.5) is 0 Å². The number of carbonyl (C=O) groups is 1. The van der Waals surface area contributed by atoms with Crippen molar-refractivity contribution in [3.05, 3.63) is 36.2 Å². The van der Waals surface area contributed by atoms with E-state index in [2.05, 4.69) is 15.0 Å². The van der Waals surface area contributed by atoms with Gasteiger partial charge in [0, 0.05) is 38.3 Å². The number of carbonyl (C=O) groups excluding carboxylic acids is 1. The molecule has 4 rings (SSSR count). The van der Waals surface area contributed by atoms with Crippen molar-refractivity contribution in [3.63, 3.8) is 0 Å². The van der Waals surface area contributed by atoms with E-state index in [4.69, 9.17) is 9.26 Å². The van der Waals surface area contributed by atoms with Crippen molar-refractivity contribution in [2.24, 2.45) is 0 Å². The lowest BCUT2D eigenvalue weighted by atomic mass is 10.2. The molecule has 2 aliphatic heterocycles. The Morgan fingerprint density at radius 2 is 1.96 bits per heavy atom. The zero-order valence-corrected chi connectivity index (χ0v) is 14.1. The van der Waals surface area contributed by atoms with Gasteiger partial charge in [-0.15, -0.1) is 0 Å². The second kappa shape index (κ2) is 7.33. The molecule has 7 heteroatoms. The number of aromatic nitrogens is 2. The van der Waals surface area contributed by atoms with Crippen molar-refractivity contribution >= 4 is 5.91 Å². The third-order valence-electron chi connectivity index (χ3n) is 4.75. The number of benzene rings is 1. The van der Waals surface area contributed by atoms with Gasteiger partial charge in [0.05, 0.1) is 6.54 Å². The highest BCUT2D eigenvalue weighted by Crippen LogP contribution is 2.18. The molecular formula is C18H22N4O3. The Morgan fingerprint density at radius 1 is 1.16 bits per heavy atom. The Kier molecular flexibility index (Phi) is 4.76. The van der Waals surface area contributed by atoms with Crippen LogP contribution in [0.5, 0.6) is 0 Å². The molecule has 0 spiro atoms. The minimum Gasteiger partial charge on any atom is -0.368 e. The number of piperazine rings is 1. The maximum atomic E-state index is 12.4. The van der Waals surface area contributed by atoms with Gasteiger partial charge in [-0.3, -0.25) is 9.69 Å². The maximum absolute atomic E-state index is 12.4. The highest BCUT2D eigenvalue weighted by molar-refractivity contribution is 5.81. The van der Waals surface area contributed by atoms with Crippen LogP contribution < -0.4 is 0 Å². The molecule has 2 saturated heterocycles. The number of hydrogen-bond acceptors (Lipinski definition) is 6. The summed E-state index contributed by atoms with van der Waals surface area (Å²) in [7, 11) is 0. The van der Waals surface area contributed by atoms with Crippen molar-refractivity contribution < 1.29 is 14.1 Å². The van der Waals surface area contributed by atoms with Gasteiger partial charge < -0.3 is 14.2 Å². The van der Waals surface area contributed by atoms with Crippen molar-refractivity contribution in [1.82, 2.24) is 19.9 Å². The summed E-state index contributed by atoms with van der Waals surface area (Å²) in [6, 6.07) is 9.79. The predicted octanol–water partition coefficient (Wildman–Crippen LogP) is 1.56. The molecule has 2 aliphatic rings.